The fourth-order valence-corrected chi connectivity index (χ4v) is 5.18. The van der Waals surface area contributed by atoms with Crippen molar-refractivity contribution in [2.75, 3.05) is 6.54 Å². The van der Waals surface area contributed by atoms with Gasteiger partial charge in [0, 0.05) is 24.7 Å². The number of ether oxygens (including phenoxy) is 1. The normalized spacial score (nSPS) is 23.8. The molecule has 1 aromatic rings. The van der Waals surface area contributed by atoms with Crippen LogP contribution in [-0.4, -0.2) is 48.0 Å². The summed E-state index contributed by atoms with van der Waals surface area (Å²) in [5.41, 5.74) is -1.14. The van der Waals surface area contributed by atoms with Crippen LogP contribution in [0.1, 0.15) is 47.5 Å². The number of para-hydroxylation sites is 1. The maximum atomic E-state index is 13.3. The Morgan fingerprint density at radius 2 is 1.86 bits per heavy atom. The van der Waals surface area contributed by atoms with E-state index in [2.05, 4.69) is 5.32 Å². The Balaban J connectivity index is 2.35. The first-order valence-electron chi connectivity index (χ1n) is 9.57. The van der Waals surface area contributed by atoms with Gasteiger partial charge in [0.2, 0.25) is 10.0 Å². The molecule has 10 heteroatoms. The summed E-state index contributed by atoms with van der Waals surface area (Å²) in [6, 6.07) is 4.46. The van der Waals surface area contributed by atoms with Crippen molar-refractivity contribution in [2.45, 2.75) is 70.0 Å². The number of carbonyl (C=O) groups excluding carboxylic acids is 1. The predicted octanol–water partition coefficient (Wildman–Crippen LogP) is 3.30. The van der Waals surface area contributed by atoms with Crippen LogP contribution >= 0.6 is 0 Å². The molecule has 0 unspecified atom stereocenters. The van der Waals surface area contributed by atoms with Gasteiger partial charge in [0.1, 0.15) is 5.60 Å². The number of rotatable bonds is 4. The summed E-state index contributed by atoms with van der Waals surface area (Å²) >= 11 is 0. The molecule has 162 valence electrons. The van der Waals surface area contributed by atoms with E-state index < -0.39 is 38.4 Å². The summed E-state index contributed by atoms with van der Waals surface area (Å²) in [5, 5.41) is 14.1. The van der Waals surface area contributed by atoms with Crippen LogP contribution in [0.3, 0.4) is 0 Å². The fourth-order valence-electron chi connectivity index (χ4n) is 3.34. The Labute approximate surface area is 171 Å². The molecule has 1 N–H and O–H groups in total. The van der Waals surface area contributed by atoms with Crippen molar-refractivity contribution < 1.29 is 22.9 Å². The molecule has 1 saturated heterocycles. The maximum Gasteiger partial charge on any atom is 0.407 e. The minimum absolute atomic E-state index is 0.00988. The summed E-state index contributed by atoms with van der Waals surface area (Å²) in [4.78, 5) is 22.5. The number of carbonyl (C=O) groups is 1. The van der Waals surface area contributed by atoms with Crippen molar-refractivity contribution in [3.8, 4) is 0 Å². The molecular formula is C19H29N3O6S. The molecule has 1 heterocycles. The van der Waals surface area contributed by atoms with Crippen molar-refractivity contribution in [2.24, 2.45) is 5.92 Å². The third-order valence-electron chi connectivity index (χ3n) is 4.95. The summed E-state index contributed by atoms with van der Waals surface area (Å²) in [7, 11) is -4.14. The van der Waals surface area contributed by atoms with Gasteiger partial charge >= 0.3 is 6.09 Å². The molecule has 1 aromatic carbocycles. The number of sulfonamides is 1. The molecular weight excluding hydrogens is 398 g/mol. The lowest BCUT2D eigenvalue weighted by molar-refractivity contribution is -0.387. The molecule has 0 aromatic heterocycles. The van der Waals surface area contributed by atoms with Crippen LogP contribution in [0.25, 0.3) is 0 Å². The van der Waals surface area contributed by atoms with E-state index in [0.717, 1.165) is 0 Å². The highest BCUT2D eigenvalue weighted by Gasteiger charge is 2.39. The van der Waals surface area contributed by atoms with Crippen molar-refractivity contribution in [1.82, 2.24) is 9.62 Å². The van der Waals surface area contributed by atoms with E-state index in [-0.39, 0.29) is 23.4 Å². The van der Waals surface area contributed by atoms with E-state index in [1.54, 1.807) is 27.7 Å². The Morgan fingerprint density at radius 1 is 1.24 bits per heavy atom. The molecule has 9 nitrogen and oxygen atoms in total. The second-order valence-electron chi connectivity index (χ2n) is 8.46. The van der Waals surface area contributed by atoms with Gasteiger partial charge in [-0.1, -0.05) is 19.1 Å². The van der Waals surface area contributed by atoms with Gasteiger partial charge in [0.15, 0.2) is 4.90 Å². The van der Waals surface area contributed by atoms with Gasteiger partial charge in [-0.15, -0.1) is 0 Å². The number of benzene rings is 1. The topological polar surface area (TPSA) is 119 Å². The maximum absolute atomic E-state index is 13.3. The second kappa shape index (κ2) is 8.66. The summed E-state index contributed by atoms with van der Waals surface area (Å²) in [5.74, 6) is 0.0101. The van der Waals surface area contributed by atoms with Gasteiger partial charge in [-0.05, 0) is 52.5 Å². The molecule has 0 bridgehead atoms. The Bertz CT molecular complexity index is 865. The molecule has 0 radical (unpaired) electrons. The van der Waals surface area contributed by atoms with Gasteiger partial charge < -0.3 is 10.1 Å². The number of alkyl carbamates (subject to hydrolysis) is 1. The SMILES string of the molecule is C[C@@H]1CC[C@H](C)[C@H](NC(=O)OC(C)(C)C)CN1S(=O)(=O)c1ccccc1[N+](=O)[O-]. The number of nitrogens with zero attached hydrogens (tertiary/aromatic N) is 2. The van der Waals surface area contributed by atoms with E-state index >= 15 is 0 Å². The zero-order valence-corrected chi connectivity index (χ0v) is 18.2. The third-order valence-corrected chi connectivity index (χ3v) is 6.97. The van der Waals surface area contributed by atoms with E-state index in [9.17, 15) is 23.3 Å². The van der Waals surface area contributed by atoms with E-state index in [4.69, 9.17) is 4.74 Å². The molecule has 1 aliphatic rings. The smallest absolute Gasteiger partial charge is 0.407 e. The average molecular weight is 428 g/mol. The zero-order chi connectivity index (χ0) is 22.0. The number of nitro groups is 1. The minimum Gasteiger partial charge on any atom is -0.444 e. The highest BCUT2D eigenvalue weighted by atomic mass is 32.2. The predicted molar refractivity (Wildman–Crippen MR) is 108 cm³/mol. The minimum atomic E-state index is -4.14. The first-order chi connectivity index (χ1) is 13.3. The highest BCUT2D eigenvalue weighted by molar-refractivity contribution is 7.89. The van der Waals surface area contributed by atoms with Crippen LogP contribution in [0.4, 0.5) is 10.5 Å². The largest absolute Gasteiger partial charge is 0.444 e. The third kappa shape index (κ3) is 5.66. The summed E-state index contributed by atoms with van der Waals surface area (Å²) in [6.07, 6.45) is 0.657. The Hall–Kier alpha value is -2.20. The van der Waals surface area contributed by atoms with Crippen LogP contribution in [-0.2, 0) is 14.8 Å². The van der Waals surface area contributed by atoms with Crippen LogP contribution in [0.2, 0.25) is 0 Å². The lowest BCUT2D eigenvalue weighted by atomic mass is 9.97. The quantitative estimate of drug-likeness (QED) is 0.582. The lowest BCUT2D eigenvalue weighted by Gasteiger charge is -2.30. The molecule has 29 heavy (non-hydrogen) atoms. The number of nitrogens with one attached hydrogen (secondary N) is 1. The molecule has 1 amide bonds. The Kier molecular flexibility index (Phi) is 6.89. The second-order valence-corrected chi connectivity index (χ2v) is 10.3. The average Bonchev–Trinajstić information content (AvgIpc) is 2.74. The standard InChI is InChI=1S/C19H29N3O6S/c1-13-10-11-14(2)21(12-15(13)20-18(23)28-19(3,4)5)29(26,27)17-9-7-6-8-16(17)22(24)25/h6-9,13-15H,10-12H2,1-5H3,(H,20,23)/t13-,14+,15+/m0/s1. The number of amides is 1. The Morgan fingerprint density at radius 3 is 2.45 bits per heavy atom. The van der Waals surface area contributed by atoms with E-state index in [1.807, 2.05) is 6.92 Å². The van der Waals surface area contributed by atoms with Gasteiger partial charge in [-0.2, -0.15) is 4.31 Å². The number of nitro benzene ring substituents is 1. The van der Waals surface area contributed by atoms with Crippen molar-refractivity contribution >= 4 is 21.8 Å². The van der Waals surface area contributed by atoms with Crippen LogP contribution in [0.15, 0.2) is 29.2 Å². The van der Waals surface area contributed by atoms with Crippen LogP contribution < -0.4 is 5.32 Å². The van der Waals surface area contributed by atoms with Gasteiger partial charge in [0.25, 0.3) is 5.69 Å². The van der Waals surface area contributed by atoms with E-state index in [1.165, 1.54) is 28.6 Å². The molecule has 3 atom stereocenters. The molecule has 2 rings (SSSR count). The monoisotopic (exact) mass is 427 g/mol. The van der Waals surface area contributed by atoms with Gasteiger partial charge in [-0.3, -0.25) is 10.1 Å². The van der Waals surface area contributed by atoms with Crippen molar-refractivity contribution in [3.63, 3.8) is 0 Å². The van der Waals surface area contributed by atoms with E-state index in [0.29, 0.717) is 12.8 Å². The highest BCUT2D eigenvalue weighted by Crippen LogP contribution is 2.31. The van der Waals surface area contributed by atoms with Crippen molar-refractivity contribution in [3.05, 3.63) is 34.4 Å². The number of hydrogen-bond acceptors (Lipinski definition) is 6. The van der Waals surface area contributed by atoms with Crippen LogP contribution in [0.5, 0.6) is 0 Å². The molecule has 0 saturated carbocycles. The van der Waals surface area contributed by atoms with Crippen molar-refractivity contribution in [1.29, 1.82) is 0 Å². The lowest BCUT2D eigenvalue weighted by Crippen LogP contribution is -2.50. The first-order valence-corrected chi connectivity index (χ1v) is 11.0. The zero-order valence-electron chi connectivity index (χ0n) is 17.4. The first kappa shape index (κ1) is 23.1. The molecule has 1 aliphatic heterocycles. The molecule has 0 aliphatic carbocycles. The van der Waals surface area contributed by atoms with Gasteiger partial charge in [0.05, 0.1) is 4.92 Å². The molecule has 1 fully saturated rings. The number of hydrogen-bond donors (Lipinski definition) is 1. The summed E-state index contributed by atoms with van der Waals surface area (Å²) in [6.45, 7) is 8.96. The fraction of sp³-hybridized carbons (Fsp3) is 0.632. The van der Waals surface area contributed by atoms with Gasteiger partial charge in [-0.25, -0.2) is 13.2 Å². The van der Waals surface area contributed by atoms with Crippen LogP contribution in [0, 0.1) is 16.0 Å². The molecule has 0 spiro atoms. The summed E-state index contributed by atoms with van der Waals surface area (Å²) < 4.78 is 33.2.